The topological polar surface area (TPSA) is 93.4 Å². The second kappa shape index (κ2) is 11.4. The number of hydrogen-bond donors (Lipinski definition) is 3. The highest BCUT2D eigenvalue weighted by molar-refractivity contribution is 8.00. The van der Waals surface area contributed by atoms with Crippen LogP contribution >= 0.6 is 24.2 Å². The van der Waals surface area contributed by atoms with Crippen molar-refractivity contribution in [1.82, 2.24) is 10.6 Å². The van der Waals surface area contributed by atoms with Crippen molar-refractivity contribution in [3.63, 3.8) is 0 Å². The number of nitrogens with one attached hydrogen (secondary N) is 2. The molecule has 1 aromatic rings. The van der Waals surface area contributed by atoms with E-state index >= 15 is 0 Å². The van der Waals surface area contributed by atoms with Crippen molar-refractivity contribution in [1.29, 1.82) is 0 Å². The lowest BCUT2D eigenvalue weighted by Gasteiger charge is -2.13. The predicted octanol–water partition coefficient (Wildman–Crippen LogP) is 1.43. The van der Waals surface area contributed by atoms with Crippen LogP contribution in [-0.2, 0) is 9.53 Å². The van der Waals surface area contributed by atoms with Gasteiger partial charge in [-0.2, -0.15) is 0 Å². The van der Waals surface area contributed by atoms with Gasteiger partial charge in [-0.25, -0.2) is 0 Å². The first-order valence-electron chi connectivity index (χ1n) is 8.13. The maximum Gasteiger partial charge on any atom is 0.252 e. The van der Waals surface area contributed by atoms with E-state index in [-0.39, 0.29) is 36.0 Å². The Morgan fingerprint density at radius 3 is 2.72 bits per heavy atom. The molecule has 0 saturated heterocycles. The summed E-state index contributed by atoms with van der Waals surface area (Å²) in [5.74, 6) is 0.581. The van der Waals surface area contributed by atoms with Crippen LogP contribution in [0.4, 0.5) is 0 Å². The number of nitrogens with two attached hydrogens (primary N) is 1. The molecule has 1 atom stereocenters. The van der Waals surface area contributed by atoms with Crippen LogP contribution in [0, 0.1) is 5.92 Å². The third-order valence-corrected chi connectivity index (χ3v) is 4.92. The van der Waals surface area contributed by atoms with E-state index in [4.69, 9.17) is 10.5 Å². The summed E-state index contributed by atoms with van der Waals surface area (Å²) in [6.45, 7) is 1.45. The van der Waals surface area contributed by atoms with Crippen molar-refractivity contribution in [3.8, 4) is 0 Å². The smallest absolute Gasteiger partial charge is 0.252 e. The fourth-order valence-electron chi connectivity index (χ4n) is 2.26. The van der Waals surface area contributed by atoms with Crippen molar-refractivity contribution in [2.75, 3.05) is 32.6 Å². The Bertz CT molecular complexity index is 570. The van der Waals surface area contributed by atoms with Gasteiger partial charge in [0.25, 0.3) is 5.91 Å². The normalized spacial score (nSPS) is 14.3. The van der Waals surface area contributed by atoms with Crippen LogP contribution in [0.15, 0.2) is 29.2 Å². The van der Waals surface area contributed by atoms with E-state index in [1.54, 1.807) is 13.2 Å². The fourth-order valence-corrected chi connectivity index (χ4v) is 3.14. The lowest BCUT2D eigenvalue weighted by molar-refractivity contribution is -0.118. The molecule has 2 rings (SSSR count). The summed E-state index contributed by atoms with van der Waals surface area (Å²) in [5.41, 5.74) is 6.60. The molecule has 1 saturated carbocycles. The van der Waals surface area contributed by atoms with Crippen LogP contribution in [-0.4, -0.2) is 50.4 Å². The first-order valence-corrected chi connectivity index (χ1v) is 9.11. The molecule has 1 aliphatic carbocycles. The second-order valence-electron chi connectivity index (χ2n) is 5.84. The van der Waals surface area contributed by atoms with Gasteiger partial charge in [-0.15, -0.1) is 24.2 Å². The number of rotatable bonds is 10. The van der Waals surface area contributed by atoms with Crippen molar-refractivity contribution in [2.45, 2.75) is 23.8 Å². The number of thioether (sulfide) groups is 1. The van der Waals surface area contributed by atoms with E-state index in [0.717, 1.165) is 17.7 Å². The van der Waals surface area contributed by atoms with Crippen LogP contribution in [0.5, 0.6) is 0 Å². The summed E-state index contributed by atoms with van der Waals surface area (Å²) >= 11 is 1.35. The Hall–Kier alpha value is -1.28. The molecule has 0 radical (unpaired) electrons. The molecule has 140 valence electrons. The van der Waals surface area contributed by atoms with Crippen LogP contribution in [0.25, 0.3) is 0 Å². The number of ether oxygens (including phenoxy) is 1. The molecule has 1 fully saturated rings. The molecule has 1 aromatic carbocycles. The molecule has 6 nitrogen and oxygen atoms in total. The molecule has 8 heteroatoms. The standard InChI is InChI=1S/C17H25N3O3S.ClH/c1-23-9-8-19-16(21)11-24-15-5-3-2-4-13(15)17(22)20-10-14(18)12-6-7-12;/h2-5,12,14H,6-11,18H2,1H3,(H,19,21)(H,20,22);1H. The van der Waals surface area contributed by atoms with Crippen molar-refractivity contribution in [3.05, 3.63) is 29.8 Å². The summed E-state index contributed by atoms with van der Waals surface area (Å²) in [6.07, 6.45) is 2.31. The SMILES string of the molecule is COCCNC(=O)CSc1ccccc1C(=O)NCC(N)C1CC1.Cl. The number of carbonyl (C=O) groups excluding carboxylic acids is 2. The molecule has 2 amide bonds. The highest BCUT2D eigenvalue weighted by Crippen LogP contribution is 2.31. The first-order chi connectivity index (χ1) is 11.6. The predicted molar refractivity (Wildman–Crippen MR) is 102 cm³/mol. The van der Waals surface area contributed by atoms with E-state index in [1.165, 1.54) is 11.8 Å². The maximum atomic E-state index is 12.4. The third-order valence-electron chi connectivity index (χ3n) is 3.84. The maximum absolute atomic E-state index is 12.4. The van der Waals surface area contributed by atoms with E-state index in [0.29, 0.717) is 31.2 Å². The van der Waals surface area contributed by atoms with Crippen molar-refractivity contribution >= 4 is 36.0 Å². The average molecular weight is 388 g/mol. The molecule has 0 spiro atoms. The van der Waals surface area contributed by atoms with Gasteiger partial charge in [0.1, 0.15) is 0 Å². The van der Waals surface area contributed by atoms with Crippen LogP contribution in [0.1, 0.15) is 23.2 Å². The minimum absolute atomic E-state index is 0. The molecule has 0 heterocycles. The zero-order chi connectivity index (χ0) is 17.4. The molecule has 0 bridgehead atoms. The molecule has 0 aromatic heterocycles. The van der Waals surface area contributed by atoms with Crippen LogP contribution in [0.2, 0.25) is 0 Å². The summed E-state index contributed by atoms with van der Waals surface area (Å²) in [4.78, 5) is 24.9. The molecular formula is C17H26ClN3O3S. The van der Waals surface area contributed by atoms with E-state index in [1.807, 2.05) is 18.2 Å². The Morgan fingerprint density at radius 1 is 1.32 bits per heavy atom. The quantitative estimate of drug-likeness (QED) is 0.417. The van der Waals surface area contributed by atoms with Gasteiger partial charge in [0.2, 0.25) is 5.91 Å². The van der Waals surface area contributed by atoms with Crippen LogP contribution in [0.3, 0.4) is 0 Å². The second-order valence-corrected chi connectivity index (χ2v) is 6.86. The molecule has 0 aliphatic heterocycles. The van der Waals surface area contributed by atoms with E-state index in [9.17, 15) is 9.59 Å². The van der Waals surface area contributed by atoms with Gasteiger partial charge in [-0.05, 0) is 30.9 Å². The molecule has 1 unspecified atom stereocenters. The number of hydrogen-bond acceptors (Lipinski definition) is 5. The Morgan fingerprint density at radius 2 is 2.04 bits per heavy atom. The summed E-state index contributed by atoms with van der Waals surface area (Å²) in [7, 11) is 1.59. The number of halogens is 1. The minimum Gasteiger partial charge on any atom is -0.383 e. The number of amides is 2. The monoisotopic (exact) mass is 387 g/mol. The van der Waals surface area contributed by atoms with Gasteiger partial charge in [0.15, 0.2) is 0 Å². The zero-order valence-corrected chi connectivity index (χ0v) is 16.0. The zero-order valence-electron chi connectivity index (χ0n) is 14.3. The number of carbonyl (C=O) groups is 2. The minimum atomic E-state index is -0.144. The highest BCUT2D eigenvalue weighted by atomic mass is 35.5. The first kappa shape index (κ1) is 21.8. The van der Waals surface area contributed by atoms with E-state index in [2.05, 4.69) is 10.6 Å². The molecule has 25 heavy (non-hydrogen) atoms. The van der Waals surface area contributed by atoms with Gasteiger partial charge < -0.3 is 21.1 Å². The molecular weight excluding hydrogens is 362 g/mol. The van der Waals surface area contributed by atoms with Crippen LogP contribution < -0.4 is 16.4 Å². The summed E-state index contributed by atoms with van der Waals surface area (Å²) in [6, 6.07) is 7.32. The highest BCUT2D eigenvalue weighted by Gasteiger charge is 2.28. The Balaban J connectivity index is 0.00000312. The fraction of sp³-hybridized carbons (Fsp3) is 0.529. The Kier molecular flexibility index (Phi) is 9.89. The lowest BCUT2D eigenvalue weighted by atomic mass is 10.2. The average Bonchev–Trinajstić information content (AvgIpc) is 3.43. The number of methoxy groups -OCH3 is 1. The largest absolute Gasteiger partial charge is 0.383 e. The Labute approximate surface area is 159 Å². The molecule has 1 aliphatic rings. The van der Waals surface area contributed by atoms with E-state index < -0.39 is 0 Å². The van der Waals surface area contributed by atoms with Gasteiger partial charge in [0, 0.05) is 31.1 Å². The van der Waals surface area contributed by atoms with Gasteiger partial charge >= 0.3 is 0 Å². The summed E-state index contributed by atoms with van der Waals surface area (Å²) < 4.78 is 4.89. The lowest BCUT2D eigenvalue weighted by Crippen LogP contribution is -2.38. The van der Waals surface area contributed by atoms with Crippen molar-refractivity contribution in [2.24, 2.45) is 11.7 Å². The van der Waals surface area contributed by atoms with Gasteiger partial charge in [-0.3, -0.25) is 9.59 Å². The van der Waals surface area contributed by atoms with Crippen molar-refractivity contribution < 1.29 is 14.3 Å². The van der Waals surface area contributed by atoms with Gasteiger partial charge in [0.05, 0.1) is 17.9 Å². The summed E-state index contributed by atoms with van der Waals surface area (Å²) in [5, 5.41) is 5.66. The molecule has 4 N–H and O–H groups in total. The van der Waals surface area contributed by atoms with Gasteiger partial charge in [-0.1, -0.05) is 12.1 Å². The number of benzene rings is 1. The third kappa shape index (κ3) is 7.64.